The van der Waals surface area contributed by atoms with Crippen LogP contribution in [0.5, 0.6) is 11.5 Å². The third-order valence-corrected chi connectivity index (χ3v) is 6.97. The molecule has 188 valence electrons. The van der Waals surface area contributed by atoms with Gasteiger partial charge in [-0.25, -0.2) is 4.98 Å². The van der Waals surface area contributed by atoms with Gasteiger partial charge in [-0.2, -0.15) is 0 Å². The SMILES string of the molecule is CCN1C(=O)c2c(C(=O)NCc3ccc(OC)c(OC)c3)ncn2C[C@]1(C)C(=O)NC1CCCC1. The highest BCUT2D eigenvalue weighted by atomic mass is 16.5. The van der Waals surface area contributed by atoms with Gasteiger partial charge in [0.2, 0.25) is 5.91 Å². The van der Waals surface area contributed by atoms with Gasteiger partial charge in [-0.05, 0) is 44.4 Å². The molecule has 10 nitrogen and oxygen atoms in total. The van der Waals surface area contributed by atoms with Gasteiger partial charge in [0, 0.05) is 19.1 Å². The minimum absolute atomic E-state index is 0.0483. The second-order valence-electron chi connectivity index (χ2n) is 9.22. The Balaban J connectivity index is 1.52. The number of benzene rings is 1. The van der Waals surface area contributed by atoms with Gasteiger partial charge < -0.3 is 29.6 Å². The fraction of sp³-hybridized carbons (Fsp3) is 0.520. The number of likely N-dealkylation sites (N-methyl/N-ethyl adjacent to an activating group) is 1. The Morgan fingerprint density at radius 1 is 1.17 bits per heavy atom. The lowest BCUT2D eigenvalue weighted by atomic mass is 9.94. The van der Waals surface area contributed by atoms with Crippen LogP contribution in [0.25, 0.3) is 0 Å². The molecule has 1 aromatic carbocycles. The zero-order chi connectivity index (χ0) is 25.2. The number of rotatable bonds is 8. The van der Waals surface area contributed by atoms with Crippen LogP contribution < -0.4 is 20.1 Å². The Labute approximate surface area is 205 Å². The van der Waals surface area contributed by atoms with Crippen molar-refractivity contribution in [1.82, 2.24) is 25.1 Å². The number of carbonyl (C=O) groups is 3. The average Bonchev–Trinajstić information content (AvgIpc) is 3.52. The molecule has 1 aliphatic heterocycles. The molecule has 1 aliphatic carbocycles. The lowest BCUT2D eigenvalue weighted by molar-refractivity contribution is -0.133. The number of ether oxygens (including phenoxy) is 2. The first-order valence-electron chi connectivity index (χ1n) is 12.0. The minimum atomic E-state index is -1.06. The van der Waals surface area contributed by atoms with Gasteiger partial charge in [-0.15, -0.1) is 0 Å². The summed E-state index contributed by atoms with van der Waals surface area (Å²) in [5.41, 5.74) is -0.00748. The highest BCUT2D eigenvalue weighted by Gasteiger charge is 2.48. The maximum atomic E-state index is 13.5. The van der Waals surface area contributed by atoms with Gasteiger partial charge in [-0.3, -0.25) is 14.4 Å². The smallest absolute Gasteiger partial charge is 0.273 e. The minimum Gasteiger partial charge on any atom is -0.493 e. The molecule has 0 saturated heterocycles. The number of amides is 3. The Bertz CT molecular complexity index is 1120. The molecule has 1 saturated carbocycles. The summed E-state index contributed by atoms with van der Waals surface area (Å²) in [6.07, 6.45) is 5.59. The number of methoxy groups -OCH3 is 2. The molecule has 2 aromatic rings. The lowest BCUT2D eigenvalue weighted by Gasteiger charge is -2.43. The summed E-state index contributed by atoms with van der Waals surface area (Å²) in [6.45, 7) is 4.40. The first kappa shape index (κ1) is 24.6. The van der Waals surface area contributed by atoms with Gasteiger partial charge in [-0.1, -0.05) is 18.9 Å². The number of fused-ring (bicyclic) bond motifs is 1. The molecule has 2 aliphatic rings. The molecule has 35 heavy (non-hydrogen) atoms. The molecule has 0 radical (unpaired) electrons. The molecule has 2 heterocycles. The van der Waals surface area contributed by atoms with Crippen molar-refractivity contribution in [3.8, 4) is 11.5 Å². The van der Waals surface area contributed by atoms with Crippen molar-refractivity contribution < 1.29 is 23.9 Å². The number of hydrogen-bond donors (Lipinski definition) is 2. The zero-order valence-electron chi connectivity index (χ0n) is 20.7. The molecule has 0 spiro atoms. The molecule has 1 fully saturated rings. The van der Waals surface area contributed by atoms with Crippen molar-refractivity contribution in [2.45, 2.75) is 64.2 Å². The van der Waals surface area contributed by atoms with Crippen molar-refractivity contribution in [2.75, 3.05) is 20.8 Å². The predicted octanol–water partition coefficient (Wildman–Crippen LogP) is 2.12. The monoisotopic (exact) mass is 483 g/mol. The number of imidazole rings is 1. The van der Waals surface area contributed by atoms with Crippen LogP contribution in [-0.4, -0.2) is 64.5 Å². The summed E-state index contributed by atoms with van der Waals surface area (Å²) >= 11 is 0. The number of aromatic nitrogens is 2. The van der Waals surface area contributed by atoms with E-state index in [-0.39, 0.29) is 42.3 Å². The quantitative estimate of drug-likeness (QED) is 0.595. The Morgan fingerprint density at radius 2 is 1.89 bits per heavy atom. The molecule has 1 aromatic heterocycles. The Hall–Kier alpha value is -3.56. The summed E-state index contributed by atoms with van der Waals surface area (Å²) in [6, 6.07) is 5.51. The van der Waals surface area contributed by atoms with E-state index in [1.54, 1.807) is 42.7 Å². The normalized spacial score (nSPS) is 19.9. The van der Waals surface area contributed by atoms with Gasteiger partial charge in [0.25, 0.3) is 11.8 Å². The Kier molecular flexibility index (Phi) is 7.00. The maximum Gasteiger partial charge on any atom is 0.273 e. The summed E-state index contributed by atoms with van der Waals surface area (Å²) in [5, 5.41) is 5.95. The van der Waals surface area contributed by atoms with Gasteiger partial charge in [0.15, 0.2) is 17.2 Å². The number of hydrogen-bond acceptors (Lipinski definition) is 6. The van der Waals surface area contributed by atoms with E-state index in [4.69, 9.17) is 9.47 Å². The lowest BCUT2D eigenvalue weighted by Crippen LogP contribution is -2.64. The topological polar surface area (TPSA) is 115 Å². The summed E-state index contributed by atoms with van der Waals surface area (Å²) in [4.78, 5) is 45.5. The van der Waals surface area contributed by atoms with Gasteiger partial charge >= 0.3 is 0 Å². The van der Waals surface area contributed by atoms with Crippen LogP contribution in [0.3, 0.4) is 0 Å². The van der Waals surface area contributed by atoms with Gasteiger partial charge in [0.05, 0.1) is 27.1 Å². The zero-order valence-corrected chi connectivity index (χ0v) is 20.7. The summed E-state index contributed by atoms with van der Waals surface area (Å²) in [7, 11) is 3.10. The van der Waals surface area contributed by atoms with Crippen LogP contribution in [0.15, 0.2) is 24.5 Å². The molecule has 0 bridgehead atoms. The molecule has 3 amide bonds. The average molecular weight is 484 g/mol. The Morgan fingerprint density at radius 3 is 2.54 bits per heavy atom. The number of carbonyl (C=O) groups excluding carboxylic acids is 3. The van der Waals surface area contributed by atoms with Crippen molar-refractivity contribution in [1.29, 1.82) is 0 Å². The van der Waals surface area contributed by atoms with E-state index in [0.717, 1.165) is 31.2 Å². The summed E-state index contributed by atoms with van der Waals surface area (Å²) in [5.74, 6) is 0.144. The van der Waals surface area contributed by atoms with E-state index in [0.29, 0.717) is 18.0 Å². The van der Waals surface area contributed by atoms with Crippen molar-refractivity contribution in [3.63, 3.8) is 0 Å². The highest BCUT2D eigenvalue weighted by molar-refractivity contribution is 6.07. The van der Waals surface area contributed by atoms with Crippen LogP contribution in [0.4, 0.5) is 0 Å². The molecule has 0 unspecified atom stereocenters. The number of nitrogens with one attached hydrogen (secondary N) is 2. The van der Waals surface area contributed by atoms with E-state index in [2.05, 4.69) is 15.6 Å². The van der Waals surface area contributed by atoms with Crippen LogP contribution in [0.1, 0.15) is 66.1 Å². The third-order valence-electron chi connectivity index (χ3n) is 6.97. The van der Waals surface area contributed by atoms with E-state index >= 15 is 0 Å². The number of nitrogens with zero attached hydrogens (tertiary/aromatic N) is 3. The van der Waals surface area contributed by atoms with Crippen molar-refractivity contribution in [3.05, 3.63) is 41.5 Å². The summed E-state index contributed by atoms with van der Waals surface area (Å²) < 4.78 is 12.2. The highest BCUT2D eigenvalue weighted by Crippen LogP contribution is 2.30. The molecule has 10 heteroatoms. The van der Waals surface area contributed by atoms with Crippen LogP contribution in [-0.2, 0) is 17.9 Å². The first-order valence-corrected chi connectivity index (χ1v) is 12.0. The van der Waals surface area contributed by atoms with Gasteiger partial charge in [0.1, 0.15) is 11.2 Å². The van der Waals surface area contributed by atoms with E-state index < -0.39 is 11.4 Å². The molecular formula is C25H33N5O5. The largest absolute Gasteiger partial charge is 0.493 e. The molecule has 1 atom stereocenters. The fourth-order valence-corrected chi connectivity index (χ4v) is 5.02. The van der Waals surface area contributed by atoms with Crippen molar-refractivity contribution >= 4 is 17.7 Å². The second kappa shape index (κ2) is 9.97. The standard InChI is InChI=1S/C25H33N5O5/c1-5-30-23(32)21-20(22(31)26-13-16-10-11-18(34-3)19(12-16)35-4)27-15-29(21)14-25(30,2)24(33)28-17-8-6-7-9-17/h10-12,15,17H,5-9,13-14H2,1-4H3,(H,26,31)(H,28,33)/t25-/m1/s1. The fourth-order valence-electron chi connectivity index (χ4n) is 5.02. The molecular weight excluding hydrogens is 450 g/mol. The van der Waals surface area contributed by atoms with Crippen LogP contribution in [0, 0.1) is 0 Å². The van der Waals surface area contributed by atoms with E-state index in [9.17, 15) is 14.4 Å². The van der Waals surface area contributed by atoms with Crippen LogP contribution in [0.2, 0.25) is 0 Å². The first-order chi connectivity index (χ1) is 16.8. The molecule has 2 N–H and O–H groups in total. The molecule has 4 rings (SSSR count). The predicted molar refractivity (Wildman–Crippen MR) is 128 cm³/mol. The maximum absolute atomic E-state index is 13.5. The van der Waals surface area contributed by atoms with Crippen molar-refractivity contribution in [2.24, 2.45) is 0 Å². The third kappa shape index (κ3) is 4.56. The van der Waals surface area contributed by atoms with E-state index in [1.165, 1.54) is 6.33 Å². The van der Waals surface area contributed by atoms with E-state index in [1.807, 2.05) is 13.0 Å². The second-order valence-corrected chi connectivity index (χ2v) is 9.22. The van der Waals surface area contributed by atoms with Crippen LogP contribution >= 0.6 is 0 Å².